The van der Waals surface area contributed by atoms with Gasteiger partial charge in [0.25, 0.3) is 5.91 Å². The Morgan fingerprint density at radius 2 is 1.84 bits per heavy atom. The third-order valence-corrected chi connectivity index (χ3v) is 4.41. The number of carbonyl (C=O) groups excluding carboxylic acids is 2. The summed E-state index contributed by atoms with van der Waals surface area (Å²) >= 11 is 17.5. The highest BCUT2D eigenvalue weighted by atomic mass is 35.5. The Morgan fingerprint density at radius 3 is 2.48 bits per heavy atom. The SMILES string of the molecule is CC(NC(=O)COC(=O)c1nc(Cl)c(Cl)c(N)c1Cl)c1ccccc1. The van der Waals surface area contributed by atoms with Gasteiger partial charge in [0.2, 0.25) is 0 Å². The zero-order valence-corrected chi connectivity index (χ0v) is 15.3. The third-order valence-electron chi connectivity index (χ3n) is 3.28. The molecule has 0 aliphatic rings. The molecule has 132 valence electrons. The number of nitrogens with two attached hydrogens (primary N) is 1. The predicted octanol–water partition coefficient (Wildman–Crippen LogP) is 3.66. The Labute approximate surface area is 159 Å². The molecule has 9 heteroatoms. The molecule has 3 N–H and O–H groups in total. The second-order valence-electron chi connectivity index (χ2n) is 5.07. The van der Waals surface area contributed by atoms with Crippen LogP contribution in [-0.4, -0.2) is 23.5 Å². The van der Waals surface area contributed by atoms with Gasteiger partial charge in [0.05, 0.1) is 16.8 Å². The number of benzene rings is 1. The van der Waals surface area contributed by atoms with Gasteiger partial charge < -0.3 is 15.8 Å². The average Bonchev–Trinajstić information content (AvgIpc) is 2.61. The summed E-state index contributed by atoms with van der Waals surface area (Å²) in [4.78, 5) is 27.7. The fraction of sp³-hybridized carbons (Fsp3) is 0.188. The number of halogens is 3. The third kappa shape index (κ3) is 4.75. The van der Waals surface area contributed by atoms with Crippen molar-refractivity contribution in [2.45, 2.75) is 13.0 Å². The Kier molecular flexibility index (Phi) is 6.47. The second-order valence-corrected chi connectivity index (χ2v) is 6.18. The van der Waals surface area contributed by atoms with Crippen molar-refractivity contribution in [1.82, 2.24) is 10.3 Å². The van der Waals surface area contributed by atoms with Crippen LogP contribution in [0.15, 0.2) is 30.3 Å². The molecule has 1 atom stereocenters. The van der Waals surface area contributed by atoms with Crippen LogP contribution in [0, 0.1) is 0 Å². The minimum atomic E-state index is -0.933. The van der Waals surface area contributed by atoms with E-state index in [4.69, 9.17) is 45.3 Å². The van der Waals surface area contributed by atoms with Crippen molar-refractivity contribution >= 4 is 52.4 Å². The highest BCUT2D eigenvalue weighted by Crippen LogP contribution is 2.34. The van der Waals surface area contributed by atoms with E-state index >= 15 is 0 Å². The van der Waals surface area contributed by atoms with E-state index in [0.717, 1.165) is 5.56 Å². The van der Waals surface area contributed by atoms with Gasteiger partial charge in [-0.2, -0.15) is 0 Å². The quantitative estimate of drug-likeness (QED) is 0.588. The van der Waals surface area contributed by atoms with Crippen molar-refractivity contribution in [3.63, 3.8) is 0 Å². The van der Waals surface area contributed by atoms with Gasteiger partial charge >= 0.3 is 5.97 Å². The molecule has 1 heterocycles. The molecule has 1 aromatic carbocycles. The molecule has 0 aliphatic carbocycles. The maximum absolute atomic E-state index is 12.0. The molecule has 0 bridgehead atoms. The maximum atomic E-state index is 12.0. The van der Waals surface area contributed by atoms with Gasteiger partial charge in [0.15, 0.2) is 17.5 Å². The van der Waals surface area contributed by atoms with E-state index in [1.165, 1.54) is 0 Å². The van der Waals surface area contributed by atoms with Crippen LogP contribution in [0.5, 0.6) is 0 Å². The Morgan fingerprint density at radius 1 is 1.20 bits per heavy atom. The van der Waals surface area contributed by atoms with Crippen molar-refractivity contribution in [2.24, 2.45) is 0 Å². The molecule has 0 spiro atoms. The fourth-order valence-corrected chi connectivity index (χ4v) is 2.56. The van der Waals surface area contributed by atoms with Gasteiger partial charge in [0, 0.05) is 0 Å². The summed E-state index contributed by atoms with van der Waals surface area (Å²) in [6, 6.07) is 9.10. The highest BCUT2D eigenvalue weighted by molar-refractivity contribution is 6.46. The molecule has 1 aromatic heterocycles. The molecular weight excluding hydrogens is 389 g/mol. The smallest absolute Gasteiger partial charge is 0.359 e. The van der Waals surface area contributed by atoms with Crippen LogP contribution >= 0.6 is 34.8 Å². The van der Waals surface area contributed by atoms with Crippen molar-refractivity contribution in [3.8, 4) is 0 Å². The molecule has 0 aliphatic heterocycles. The number of hydrogen-bond acceptors (Lipinski definition) is 5. The number of carbonyl (C=O) groups is 2. The number of esters is 1. The van der Waals surface area contributed by atoms with Gasteiger partial charge in [-0.05, 0) is 12.5 Å². The first-order valence-electron chi connectivity index (χ1n) is 7.12. The maximum Gasteiger partial charge on any atom is 0.359 e. The molecule has 6 nitrogen and oxygen atoms in total. The topological polar surface area (TPSA) is 94.3 Å². The first-order valence-corrected chi connectivity index (χ1v) is 8.26. The van der Waals surface area contributed by atoms with Crippen molar-refractivity contribution in [1.29, 1.82) is 0 Å². The molecule has 0 fully saturated rings. The predicted molar refractivity (Wildman–Crippen MR) is 97.0 cm³/mol. The van der Waals surface area contributed by atoms with Crippen LogP contribution in [0.3, 0.4) is 0 Å². The van der Waals surface area contributed by atoms with Crippen molar-refractivity contribution < 1.29 is 14.3 Å². The van der Waals surface area contributed by atoms with E-state index in [0.29, 0.717) is 0 Å². The largest absolute Gasteiger partial charge is 0.451 e. The number of pyridine rings is 1. The number of nitrogens with zero attached hydrogens (tertiary/aromatic N) is 1. The minimum absolute atomic E-state index is 0.0577. The molecule has 0 radical (unpaired) electrons. The van der Waals surface area contributed by atoms with E-state index < -0.39 is 18.5 Å². The summed E-state index contributed by atoms with van der Waals surface area (Å²) < 4.78 is 4.90. The van der Waals surface area contributed by atoms with Gasteiger partial charge in [-0.15, -0.1) is 0 Å². The van der Waals surface area contributed by atoms with Gasteiger partial charge in [-0.3, -0.25) is 4.79 Å². The number of ether oxygens (including phenoxy) is 1. The lowest BCUT2D eigenvalue weighted by Crippen LogP contribution is -2.31. The summed E-state index contributed by atoms with van der Waals surface area (Å²) in [6.07, 6.45) is 0. The average molecular weight is 403 g/mol. The van der Waals surface area contributed by atoms with E-state index in [9.17, 15) is 9.59 Å². The van der Waals surface area contributed by atoms with E-state index in [1.807, 2.05) is 37.3 Å². The summed E-state index contributed by atoms with van der Waals surface area (Å²) in [5.41, 5.74) is 6.16. The van der Waals surface area contributed by atoms with Crippen LogP contribution in [0.4, 0.5) is 5.69 Å². The molecule has 0 saturated heterocycles. The molecule has 1 unspecified atom stereocenters. The van der Waals surface area contributed by atoms with Crippen LogP contribution in [-0.2, 0) is 9.53 Å². The van der Waals surface area contributed by atoms with Gasteiger partial charge in [-0.25, -0.2) is 9.78 Å². The molecule has 2 aromatic rings. The summed E-state index contributed by atoms with van der Waals surface area (Å²) in [5, 5.41) is 2.28. The van der Waals surface area contributed by atoms with E-state index in [2.05, 4.69) is 10.3 Å². The number of rotatable bonds is 5. The Hall–Kier alpha value is -2.02. The molecule has 25 heavy (non-hydrogen) atoms. The number of anilines is 1. The Balaban J connectivity index is 1.97. The zero-order valence-electron chi connectivity index (χ0n) is 13.1. The molecule has 0 saturated carbocycles. The summed E-state index contributed by atoms with van der Waals surface area (Å²) in [7, 11) is 0. The Bertz CT molecular complexity index is 800. The first kappa shape index (κ1) is 19.3. The van der Waals surface area contributed by atoms with Crippen LogP contribution in [0.2, 0.25) is 15.2 Å². The minimum Gasteiger partial charge on any atom is -0.451 e. The zero-order chi connectivity index (χ0) is 18.6. The van der Waals surface area contributed by atoms with Crippen LogP contribution in [0.25, 0.3) is 0 Å². The number of hydrogen-bond donors (Lipinski definition) is 2. The fourth-order valence-electron chi connectivity index (χ4n) is 1.97. The highest BCUT2D eigenvalue weighted by Gasteiger charge is 2.22. The van der Waals surface area contributed by atoms with Crippen molar-refractivity contribution in [2.75, 3.05) is 12.3 Å². The monoisotopic (exact) mass is 401 g/mol. The van der Waals surface area contributed by atoms with Gasteiger partial charge in [0.1, 0.15) is 5.02 Å². The van der Waals surface area contributed by atoms with Crippen LogP contribution < -0.4 is 11.1 Å². The molecular formula is C16H14Cl3N3O3. The number of nitrogens with one attached hydrogen (secondary N) is 1. The lowest BCUT2D eigenvalue weighted by molar-refractivity contribution is -0.124. The van der Waals surface area contributed by atoms with Crippen molar-refractivity contribution in [3.05, 3.63) is 56.8 Å². The second kappa shape index (κ2) is 8.38. The lowest BCUT2D eigenvalue weighted by Gasteiger charge is -2.14. The lowest BCUT2D eigenvalue weighted by atomic mass is 10.1. The van der Waals surface area contributed by atoms with Gasteiger partial charge in [-0.1, -0.05) is 65.1 Å². The summed E-state index contributed by atoms with van der Waals surface area (Å²) in [6.45, 7) is 1.31. The van der Waals surface area contributed by atoms with E-state index in [1.54, 1.807) is 0 Å². The number of aromatic nitrogens is 1. The normalized spacial score (nSPS) is 11.7. The molecule has 1 amide bonds. The molecule has 2 rings (SSSR count). The summed E-state index contributed by atoms with van der Waals surface area (Å²) in [5.74, 6) is -1.41. The number of amides is 1. The first-order chi connectivity index (χ1) is 11.8. The number of nitrogen functional groups attached to an aromatic ring is 1. The standard InChI is InChI=1S/C16H14Cl3N3O3/c1-8(9-5-3-2-4-6-9)21-10(23)7-25-16(24)14-11(17)13(20)12(18)15(19)22-14/h2-6,8H,7H2,1H3,(H2,20,22)(H,21,23). The van der Waals surface area contributed by atoms with Crippen LogP contribution in [0.1, 0.15) is 29.0 Å². The van der Waals surface area contributed by atoms with E-state index in [-0.39, 0.29) is 32.6 Å².